The van der Waals surface area contributed by atoms with E-state index in [1.807, 2.05) is 0 Å². The van der Waals surface area contributed by atoms with E-state index in [1.165, 1.54) is 6.07 Å². The highest BCUT2D eigenvalue weighted by Crippen LogP contribution is 2.26. The summed E-state index contributed by atoms with van der Waals surface area (Å²) >= 11 is 11.6. The number of amides is 1. The van der Waals surface area contributed by atoms with Gasteiger partial charge in [0.15, 0.2) is 0 Å². The quantitative estimate of drug-likeness (QED) is 0.716. The molecule has 0 spiro atoms. The molecule has 0 atom stereocenters. The maximum atomic E-state index is 13.4. The van der Waals surface area contributed by atoms with Crippen molar-refractivity contribution < 1.29 is 9.18 Å². The fourth-order valence-corrected chi connectivity index (χ4v) is 2.53. The molecule has 1 fully saturated rings. The lowest BCUT2D eigenvalue weighted by Crippen LogP contribution is -2.38. The molecule has 1 aliphatic heterocycles. The average molecular weight is 290 g/mol. The van der Waals surface area contributed by atoms with Crippen LogP contribution in [-0.4, -0.2) is 23.9 Å². The summed E-state index contributed by atoms with van der Waals surface area (Å²) in [6, 6.07) is 2.39. The third-order valence-corrected chi connectivity index (χ3v) is 3.91. The molecule has 0 saturated carbocycles. The van der Waals surface area contributed by atoms with Gasteiger partial charge in [-0.05, 0) is 30.9 Å². The highest BCUT2D eigenvalue weighted by atomic mass is 35.5. The Labute approximate surface area is 116 Å². The molecule has 1 aromatic carbocycles. The summed E-state index contributed by atoms with van der Waals surface area (Å²) in [7, 11) is 0. The van der Waals surface area contributed by atoms with Gasteiger partial charge >= 0.3 is 0 Å². The molecule has 5 heteroatoms. The number of rotatable bonds is 1. The van der Waals surface area contributed by atoms with Crippen molar-refractivity contribution in [3.05, 3.63) is 33.6 Å². The summed E-state index contributed by atoms with van der Waals surface area (Å²) < 4.78 is 13.4. The van der Waals surface area contributed by atoms with Crippen LogP contribution in [0.3, 0.4) is 0 Å². The minimum absolute atomic E-state index is 0.0659. The summed E-state index contributed by atoms with van der Waals surface area (Å²) in [5.41, 5.74) is 0.188. The molecule has 2 nitrogen and oxygen atoms in total. The molecule has 0 bridgehead atoms. The van der Waals surface area contributed by atoms with E-state index in [9.17, 15) is 9.18 Å². The first-order chi connectivity index (χ1) is 8.49. The van der Waals surface area contributed by atoms with E-state index in [4.69, 9.17) is 23.2 Å². The lowest BCUT2D eigenvalue weighted by Gasteiger charge is -2.30. The number of piperidine rings is 1. The molecule has 98 valence electrons. The van der Waals surface area contributed by atoms with Gasteiger partial charge in [0.1, 0.15) is 5.82 Å². The van der Waals surface area contributed by atoms with Crippen molar-refractivity contribution >= 4 is 29.1 Å². The van der Waals surface area contributed by atoms with Gasteiger partial charge in [-0.15, -0.1) is 0 Å². The number of carbonyl (C=O) groups excluding carboxylic acids is 1. The third kappa shape index (κ3) is 2.78. The molecule has 0 N–H and O–H groups in total. The Morgan fingerprint density at radius 3 is 2.50 bits per heavy atom. The van der Waals surface area contributed by atoms with Gasteiger partial charge in [0, 0.05) is 13.1 Å². The highest BCUT2D eigenvalue weighted by molar-refractivity contribution is 6.36. The molecule has 1 aromatic rings. The number of nitrogens with zero attached hydrogens (tertiary/aromatic N) is 1. The van der Waals surface area contributed by atoms with Crippen molar-refractivity contribution in [2.24, 2.45) is 5.92 Å². The first-order valence-electron chi connectivity index (χ1n) is 5.93. The van der Waals surface area contributed by atoms with Crippen LogP contribution in [0, 0.1) is 11.7 Å². The van der Waals surface area contributed by atoms with Crippen molar-refractivity contribution in [2.45, 2.75) is 19.8 Å². The second-order valence-electron chi connectivity index (χ2n) is 4.72. The second-order valence-corrected chi connectivity index (χ2v) is 5.54. The van der Waals surface area contributed by atoms with E-state index >= 15 is 0 Å². The van der Waals surface area contributed by atoms with E-state index in [1.54, 1.807) is 4.90 Å². The molecular formula is C13H14Cl2FNO. The lowest BCUT2D eigenvalue weighted by molar-refractivity contribution is 0.0697. The second kappa shape index (κ2) is 5.45. The number of halogens is 3. The van der Waals surface area contributed by atoms with Gasteiger partial charge in [0.05, 0.1) is 15.6 Å². The molecule has 0 aromatic heterocycles. The zero-order chi connectivity index (χ0) is 13.3. The largest absolute Gasteiger partial charge is 0.339 e. The van der Waals surface area contributed by atoms with Crippen LogP contribution in [0.25, 0.3) is 0 Å². The van der Waals surface area contributed by atoms with Gasteiger partial charge in [-0.1, -0.05) is 30.1 Å². The molecule has 18 heavy (non-hydrogen) atoms. The van der Waals surface area contributed by atoms with E-state index in [-0.39, 0.29) is 21.5 Å². The zero-order valence-corrected chi connectivity index (χ0v) is 11.6. The van der Waals surface area contributed by atoms with E-state index in [2.05, 4.69) is 6.92 Å². The Morgan fingerprint density at radius 1 is 1.28 bits per heavy atom. The molecule has 1 heterocycles. The first-order valence-corrected chi connectivity index (χ1v) is 6.68. The topological polar surface area (TPSA) is 20.3 Å². The summed E-state index contributed by atoms with van der Waals surface area (Å²) in [4.78, 5) is 13.9. The van der Waals surface area contributed by atoms with Gasteiger partial charge in [-0.3, -0.25) is 4.79 Å². The third-order valence-electron chi connectivity index (χ3n) is 3.31. The predicted molar refractivity (Wildman–Crippen MR) is 70.7 cm³/mol. The van der Waals surface area contributed by atoms with Crippen LogP contribution in [0.1, 0.15) is 30.1 Å². The Bertz CT molecular complexity index is 470. The Balaban J connectivity index is 2.21. The summed E-state index contributed by atoms with van der Waals surface area (Å²) in [6.45, 7) is 3.55. The maximum absolute atomic E-state index is 13.4. The van der Waals surface area contributed by atoms with Crippen molar-refractivity contribution in [3.8, 4) is 0 Å². The van der Waals surface area contributed by atoms with Gasteiger partial charge in [-0.25, -0.2) is 4.39 Å². The molecule has 1 amide bonds. The fraction of sp³-hybridized carbons (Fsp3) is 0.462. The van der Waals surface area contributed by atoms with Crippen LogP contribution in [-0.2, 0) is 0 Å². The molecular weight excluding hydrogens is 276 g/mol. The Hall–Kier alpha value is -0.800. The van der Waals surface area contributed by atoms with E-state index < -0.39 is 5.82 Å². The zero-order valence-electron chi connectivity index (χ0n) is 10.0. The van der Waals surface area contributed by atoms with Crippen LogP contribution < -0.4 is 0 Å². The smallest absolute Gasteiger partial charge is 0.255 e. The number of carbonyl (C=O) groups is 1. The summed E-state index contributed by atoms with van der Waals surface area (Å²) in [6.07, 6.45) is 1.94. The highest BCUT2D eigenvalue weighted by Gasteiger charge is 2.23. The number of hydrogen-bond acceptors (Lipinski definition) is 1. The van der Waals surface area contributed by atoms with Crippen LogP contribution in [0.5, 0.6) is 0 Å². The van der Waals surface area contributed by atoms with Gasteiger partial charge < -0.3 is 4.90 Å². The Morgan fingerprint density at radius 2 is 1.89 bits per heavy atom. The van der Waals surface area contributed by atoms with Crippen LogP contribution >= 0.6 is 23.2 Å². The summed E-state index contributed by atoms with van der Waals surface area (Å²) in [5.74, 6) is -0.205. The molecule has 0 aliphatic carbocycles. The van der Waals surface area contributed by atoms with Crippen LogP contribution in [0.4, 0.5) is 4.39 Å². The van der Waals surface area contributed by atoms with Gasteiger partial charge in [0.2, 0.25) is 0 Å². The predicted octanol–water partition coefficient (Wildman–Crippen LogP) is 4.00. The Kier molecular flexibility index (Phi) is 4.13. The monoisotopic (exact) mass is 289 g/mol. The normalized spacial score (nSPS) is 17.0. The molecule has 2 rings (SSSR count). The standard InChI is InChI=1S/C13H14Cl2FNO/c1-8-2-4-17(5-3-8)13(18)9-6-12(16)11(15)7-10(9)14/h6-8H,2-5H2,1H3. The van der Waals surface area contributed by atoms with Crippen molar-refractivity contribution in [1.29, 1.82) is 0 Å². The number of likely N-dealkylation sites (tertiary alicyclic amines) is 1. The van der Waals surface area contributed by atoms with Crippen molar-refractivity contribution in [1.82, 2.24) is 4.90 Å². The van der Waals surface area contributed by atoms with Crippen molar-refractivity contribution in [2.75, 3.05) is 13.1 Å². The molecule has 1 aliphatic rings. The lowest BCUT2D eigenvalue weighted by atomic mass is 9.98. The van der Waals surface area contributed by atoms with Crippen LogP contribution in [0.2, 0.25) is 10.0 Å². The first kappa shape index (κ1) is 13.6. The summed E-state index contributed by atoms with van der Waals surface area (Å²) in [5, 5.41) is 0.133. The van der Waals surface area contributed by atoms with Gasteiger partial charge in [0.25, 0.3) is 5.91 Å². The number of hydrogen-bond donors (Lipinski definition) is 0. The fourth-order valence-electron chi connectivity index (χ4n) is 2.07. The SMILES string of the molecule is CC1CCN(C(=O)c2cc(F)c(Cl)cc2Cl)CC1. The molecule has 1 saturated heterocycles. The molecule has 0 unspecified atom stereocenters. The minimum atomic E-state index is -0.616. The van der Waals surface area contributed by atoms with Gasteiger partial charge in [-0.2, -0.15) is 0 Å². The van der Waals surface area contributed by atoms with E-state index in [0.717, 1.165) is 18.9 Å². The van der Waals surface area contributed by atoms with Crippen molar-refractivity contribution in [3.63, 3.8) is 0 Å². The molecule has 0 radical (unpaired) electrons. The van der Waals surface area contributed by atoms with Crippen LogP contribution in [0.15, 0.2) is 12.1 Å². The maximum Gasteiger partial charge on any atom is 0.255 e. The average Bonchev–Trinajstić information content (AvgIpc) is 2.34. The van der Waals surface area contributed by atoms with E-state index in [0.29, 0.717) is 19.0 Å². The number of benzene rings is 1. The minimum Gasteiger partial charge on any atom is -0.339 e.